The molecule has 1 saturated heterocycles. The van der Waals surface area contributed by atoms with Gasteiger partial charge in [-0.25, -0.2) is 0 Å². The summed E-state index contributed by atoms with van der Waals surface area (Å²) < 4.78 is 10.7. The van der Waals surface area contributed by atoms with E-state index in [1.165, 1.54) is 0 Å². The van der Waals surface area contributed by atoms with Crippen LogP contribution in [0, 0.1) is 0 Å². The SMILES string of the molecule is COC(CN)CC(=O)N1CCN(CC(O)COc2ccccc2)CC1. The van der Waals surface area contributed by atoms with Crippen molar-refractivity contribution in [2.45, 2.75) is 18.6 Å². The Kier molecular flexibility index (Phi) is 8.14. The zero-order chi connectivity index (χ0) is 18.1. The molecule has 1 fully saturated rings. The molecule has 1 aliphatic heterocycles. The van der Waals surface area contributed by atoms with Crippen LogP contribution in [-0.2, 0) is 9.53 Å². The van der Waals surface area contributed by atoms with Crippen molar-refractivity contribution >= 4 is 5.91 Å². The van der Waals surface area contributed by atoms with E-state index in [9.17, 15) is 9.90 Å². The second-order valence-electron chi connectivity index (χ2n) is 6.26. The smallest absolute Gasteiger partial charge is 0.225 e. The second kappa shape index (κ2) is 10.4. The summed E-state index contributed by atoms with van der Waals surface area (Å²) in [7, 11) is 1.57. The maximum absolute atomic E-state index is 12.2. The number of carbonyl (C=O) groups is 1. The molecule has 0 aromatic heterocycles. The van der Waals surface area contributed by atoms with Gasteiger partial charge < -0.3 is 25.2 Å². The van der Waals surface area contributed by atoms with Crippen LogP contribution in [-0.4, -0.2) is 86.0 Å². The minimum Gasteiger partial charge on any atom is -0.491 e. The molecule has 140 valence electrons. The van der Waals surface area contributed by atoms with Gasteiger partial charge in [-0.15, -0.1) is 0 Å². The number of aliphatic hydroxyl groups is 1. The van der Waals surface area contributed by atoms with E-state index >= 15 is 0 Å². The summed E-state index contributed by atoms with van der Waals surface area (Å²) in [5.41, 5.74) is 5.56. The van der Waals surface area contributed by atoms with Crippen LogP contribution in [0.1, 0.15) is 6.42 Å². The third-order valence-corrected chi connectivity index (χ3v) is 4.38. The Morgan fingerprint density at radius 2 is 1.92 bits per heavy atom. The topological polar surface area (TPSA) is 88.3 Å². The van der Waals surface area contributed by atoms with Crippen LogP contribution < -0.4 is 10.5 Å². The molecule has 0 saturated carbocycles. The van der Waals surface area contributed by atoms with Crippen molar-refractivity contribution in [3.8, 4) is 5.75 Å². The molecule has 0 radical (unpaired) electrons. The summed E-state index contributed by atoms with van der Waals surface area (Å²) >= 11 is 0. The van der Waals surface area contributed by atoms with Crippen molar-refractivity contribution in [2.24, 2.45) is 5.73 Å². The molecule has 7 nitrogen and oxygen atoms in total. The zero-order valence-electron chi connectivity index (χ0n) is 14.8. The summed E-state index contributed by atoms with van der Waals surface area (Å²) in [4.78, 5) is 16.2. The van der Waals surface area contributed by atoms with E-state index in [1.807, 2.05) is 35.2 Å². The molecule has 0 spiro atoms. The van der Waals surface area contributed by atoms with E-state index in [1.54, 1.807) is 7.11 Å². The Labute approximate surface area is 149 Å². The Hall–Kier alpha value is -1.67. The zero-order valence-corrected chi connectivity index (χ0v) is 14.8. The van der Waals surface area contributed by atoms with Gasteiger partial charge in [-0.1, -0.05) is 18.2 Å². The van der Waals surface area contributed by atoms with E-state index < -0.39 is 6.10 Å². The van der Waals surface area contributed by atoms with Crippen LogP contribution in [0.15, 0.2) is 30.3 Å². The standard InChI is InChI=1S/C18H29N3O4/c1-24-17(12-19)11-18(23)21-9-7-20(8-10-21)13-15(22)14-25-16-5-3-2-4-6-16/h2-6,15,17,22H,7-14,19H2,1H3. The number of para-hydroxylation sites is 1. The summed E-state index contributed by atoms with van der Waals surface area (Å²) in [6.07, 6.45) is -0.458. The van der Waals surface area contributed by atoms with Gasteiger partial charge >= 0.3 is 0 Å². The fourth-order valence-electron chi connectivity index (χ4n) is 2.83. The molecule has 0 bridgehead atoms. The molecule has 1 heterocycles. The first-order chi connectivity index (χ1) is 12.1. The molecule has 2 rings (SSSR count). The van der Waals surface area contributed by atoms with Crippen LogP contribution in [0.4, 0.5) is 0 Å². The van der Waals surface area contributed by atoms with Crippen LogP contribution in [0.5, 0.6) is 5.75 Å². The number of ether oxygens (including phenoxy) is 2. The third-order valence-electron chi connectivity index (χ3n) is 4.38. The number of rotatable bonds is 9. The highest BCUT2D eigenvalue weighted by Gasteiger charge is 2.24. The lowest BCUT2D eigenvalue weighted by Crippen LogP contribution is -2.51. The lowest BCUT2D eigenvalue weighted by atomic mass is 10.2. The Morgan fingerprint density at radius 1 is 1.24 bits per heavy atom. The van der Waals surface area contributed by atoms with E-state index in [2.05, 4.69) is 4.90 Å². The van der Waals surface area contributed by atoms with Crippen LogP contribution >= 0.6 is 0 Å². The maximum atomic E-state index is 12.2. The Morgan fingerprint density at radius 3 is 2.52 bits per heavy atom. The van der Waals surface area contributed by atoms with Gasteiger partial charge in [0.15, 0.2) is 0 Å². The van der Waals surface area contributed by atoms with Gasteiger partial charge in [-0.2, -0.15) is 0 Å². The monoisotopic (exact) mass is 351 g/mol. The number of carbonyl (C=O) groups excluding carboxylic acids is 1. The van der Waals surface area contributed by atoms with Crippen molar-refractivity contribution in [3.63, 3.8) is 0 Å². The maximum Gasteiger partial charge on any atom is 0.225 e. The van der Waals surface area contributed by atoms with Crippen molar-refractivity contribution in [1.29, 1.82) is 0 Å². The summed E-state index contributed by atoms with van der Waals surface area (Å²) in [6, 6.07) is 9.46. The van der Waals surface area contributed by atoms with E-state index in [-0.39, 0.29) is 18.6 Å². The molecule has 2 atom stereocenters. The quantitative estimate of drug-likeness (QED) is 0.648. The molecule has 1 amide bonds. The highest BCUT2D eigenvalue weighted by Crippen LogP contribution is 2.10. The van der Waals surface area contributed by atoms with Gasteiger partial charge in [-0.05, 0) is 12.1 Å². The number of nitrogens with zero attached hydrogens (tertiary/aromatic N) is 2. The van der Waals surface area contributed by atoms with Gasteiger partial charge in [0.1, 0.15) is 18.5 Å². The number of amides is 1. The minimum absolute atomic E-state index is 0.0740. The second-order valence-corrected chi connectivity index (χ2v) is 6.26. The largest absolute Gasteiger partial charge is 0.491 e. The molecule has 0 aliphatic carbocycles. The molecule has 1 aromatic carbocycles. The molecule has 1 aliphatic rings. The molecule has 2 unspecified atom stereocenters. The highest BCUT2D eigenvalue weighted by atomic mass is 16.5. The number of hydrogen-bond donors (Lipinski definition) is 2. The highest BCUT2D eigenvalue weighted by molar-refractivity contribution is 5.76. The van der Waals surface area contributed by atoms with Crippen LogP contribution in [0.3, 0.4) is 0 Å². The molecular weight excluding hydrogens is 322 g/mol. The van der Waals surface area contributed by atoms with Crippen LogP contribution in [0.25, 0.3) is 0 Å². The van der Waals surface area contributed by atoms with Crippen molar-refractivity contribution in [2.75, 3.05) is 53.0 Å². The first-order valence-corrected chi connectivity index (χ1v) is 8.71. The predicted octanol–water partition coefficient (Wildman–Crippen LogP) is -0.0657. The van der Waals surface area contributed by atoms with Crippen molar-refractivity contribution in [3.05, 3.63) is 30.3 Å². The first kappa shape index (κ1) is 19.7. The van der Waals surface area contributed by atoms with E-state index in [4.69, 9.17) is 15.2 Å². The summed E-state index contributed by atoms with van der Waals surface area (Å²) in [6.45, 7) is 3.95. The van der Waals surface area contributed by atoms with Crippen LogP contribution in [0.2, 0.25) is 0 Å². The van der Waals surface area contributed by atoms with Gasteiger partial charge in [0.25, 0.3) is 0 Å². The first-order valence-electron chi connectivity index (χ1n) is 8.71. The number of β-amino-alcohol motifs (C(OH)–C–C–N with tert-alkyl or cyclic N) is 1. The fourth-order valence-corrected chi connectivity index (χ4v) is 2.83. The number of methoxy groups -OCH3 is 1. The molecule has 7 heteroatoms. The van der Waals surface area contributed by atoms with E-state index in [0.717, 1.165) is 18.8 Å². The molecular formula is C18H29N3O4. The number of hydrogen-bond acceptors (Lipinski definition) is 6. The summed E-state index contributed by atoms with van der Waals surface area (Å²) in [5, 5.41) is 10.1. The van der Waals surface area contributed by atoms with Gasteiger partial charge in [0.05, 0.1) is 12.5 Å². The minimum atomic E-state index is -0.558. The number of aliphatic hydroxyl groups excluding tert-OH is 1. The van der Waals surface area contributed by atoms with Crippen molar-refractivity contribution in [1.82, 2.24) is 9.80 Å². The molecule has 3 N–H and O–H groups in total. The van der Waals surface area contributed by atoms with Gasteiger partial charge in [0, 0.05) is 46.4 Å². The lowest BCUT2D eigenvalue weighted by molar-refractivity contribution is -0.135. The number of piperazine rings is 1. The third kappa shape index (κ3) is 6.62. The van der Waals surface area contributed by atoms with Gasteiger partial charge in [-0.3, -0.25) is 9.69 Å². The Bertz CT molecular complexity index is 502. The normalized spacial score (nSPS) is 18.0. The number of benzene rings is 1. The number of nitrogens with two attached hydrogens (primary N) is 1. The van der Waals surface area contributed by atoms with Gasteiger partial charge in [0.2, 0.25) is 5.91 Å². The van der Waals surface area contributed by atoms with E-state index in [0.29, 0.717) is 32.6 Å². The average Bonchev–Trinajstić information content (AvgIpc) is 2.65. The molecule has 1 aromatic rings. The fraction of sp³-hybridized carbons (Fsp3) is 0.611. The average molecular weight is 351 g/mol. The predicted molar refractivity (Wildman–Crippen MR) is 95.4 cm³/mol. The Balaban J connectivity index is 1.66. The molecule has 25 heavy (non-hydrogen) atoms. The lowest BCUT2D eigenvalue weighted by Gasteiger charge is -2.36. The summed E-state index contributed by atoms with van der Waals surface area (Å²) in [5.74, 6) is 0.828. The van der Waals surface area contributed by atoms with Crippen molar-refractivity contribution < 1.29 is 19.4 Å².